The van der Waals surface area contributed by atoms with E-state index in [1.165, 1.54) is 59.2 Å². The average Bonchev–Trinajstić information content (AvgIpc) is 0.834. The van der Waals surface area contributed by atoms with Gasteiger partial charge < -0.3 is 93.5 Å². The SMILES string of the molecule is CC[C@H](C)[C@H](NC(=O)[C@H](CO)CC(=O)[C@H](Cc1ccc(O)cc1)NC(=O)[C@H](CC(=O)O)CC(=O)[C@H](CO)NC(=O)[C@@H](CC(=O)[C@H](Cc1ccccc1)NC(=O)[C@@H](CC(=O)CNC(=O)[C@H](CCC(=O)O)CC(=O)CSCC(=O)CCCn1ccccc1=O)[C@@H](C)O)[C@@H](C)O)C(=O)C[C@@H](Cc1ccc(O)cc1)C(=O)N[C@@H](CC(C)C)C(=O)C[C@@H](CC(=O)O)C(=O)N[C@H](C)CCCCN. The summed E-state index contributed by atoms with van der Waals surface area (Å²) in [5.41, 5.74) is 6.54. The topological polar surface area (TPSA) is 622 Å². The molecule has 18 N–H and O–H groups in total. The van der Waals surface area contributed by atoms with E-state index in [0.717, 1.165) is 25.6 Å². The molecule has 38 heteroatoms. The number of hydrogen-bond donors (Lipinski definition) is 17. The van der Waals surface area contributed by atoms with Crippen molar-refractivity contribution in [2.75, 3.05) is 37.8 Å². The van der Waals surface area contributed by atoms with Crippen LogP contribution in [0.5, 0.6) is 11.5 Å². The van der Waals surface area contributed by atoms with E-state index >= 15 is 0 Å². The largest absolute Gasteiger partial charge is 0.508 e. The van der Waals surface area contributed by atoms with Gasteiger partial charge in [0.05, 0.1) is 110 Å². The fourth-order valence-electron chi connectivity index (χ4n) is 14.6. The molecule has 0 aliphatic carbocycles. The van der Waals surface area contributed by atoms with E-state index in [2.05, 4.69) is 37.2 Å². The van der Waals surface area contributed by atoms with Crippen molar-refractivity contribution in [2.24, 2.45) is 59.0 Å². The Bertz CT molecular complexity index is 4560. The molecule has 0 saturated carbocycles. The molecule has 3 aromatic carbocycles. The van der Waals surface area contributed by atoms with Gasteiger partial charge in [0.1, 0.15) is 29.1 Å². The number of Topliss-reactive ketones (excluding diaryl/α,β-unsaturated/α-hetero) is 8. The number of carbonyl (C=O) groups excluding carboxylic acids is 15. The van der Waals surface area contributed by atoms with Crippen LogP contribution >= 0.6 is 11.8 Å². The van der Waals surface area contributed by atoms with E-state index in [9.17, 15) is 137 Å². The highest BCUT2D eigenvalue weighted by molar-refractivity contribution is 8.00. The van der Waals surface area contributed by atoms with Crippen LogP contribution in [0.1, 0.15) is 181 Å². The lowest BCUT2D eigenvalue weighted by atomic mass is 9.85. The van der Waals surface area contributed by atoms with Gasteiger partial charge in [-0.1, -0.05) is 101 Å². The molecule has 131 heavy (non-hydrogen) atoms. The number of phenolic OH excluding ortho intramolecular Hbond substituents is 2. The highest BCUT2D eigenvalue weighted by Gasteiger charge is 2.41. The van der Waals surface area contributed by atoms with Gasteiger partial charge in [0.25, 0.3) is 0 Å². The highest BCUT2D eigenvalue weighted by Crippen LogP contribution is 2.27. The number of unbranched alkanes of at least 4 members (excludes halogenated alkanes) is 1. The van der Waals surface area contributed by atoms with Crippen LogP contribution in [0.3, 0.4) is 0 Å². The molecule has 1 heterocycles. The number of aliphatic hydroxyl groups is 4. The second-order valence-corrected chi connectivity index (χ2v) is 35.0. The van der Waals surface area contributed by atoms with Crippen molar-refractivity contribution in [1.82, 2.24) is 41.8 Å². The van der Waals surface area contributed by atoms with Gasteiger partial charge in [0.15, 0.2) is 34.7 Å². The zero-order valence-corrected chi connectivity index (χ0v) is 76.0. The van der Waals surface area contributed by atoms with Crippen LogP contribution in [0, 0.1) is 53.3 Å². The fourth-order valence-corrected chi connectivity index (χ4v) is 15.5. The number of aliphatic carboxylic acids is 3. The average molecular weight is 1850 g/mol. The molecule has 0 radical (unpaired) electrons. The molecule has 0 saturated heterocycles. The number of carboxylic acid groups (broad SMARTS) is 3. The predicted molar refractivity (Wildman–Crippen MR) is 479 cm³/mol. The third-order valence-electron chi connectivity index (χ3n) is 22.5. The molecule has 0 fully saturated rings. The lowest BCUT2D eigenvalue weighted by molar-refractivity contribution is -0.143. The van der Waals surface area contributed by atoms with E-state index < -0.39 is 280 Å². The minimum atomic E-state index is -1.99. The quantitative estimate of drug-likeness (QED) is 0.0283. The number of aryl methyl sites for hydroxylation is 1. The predicted octanol–water partition coefficient (Wildman–Crippen LogP) is 2.92. The maximum absolute atomic E-state index is 14.8. The summed E-state index contributed by atoms with van der Waals surface area (Å²) in [7, 11) is 0. The van der Waals surface area contributed by atoms with Crippen LogP contribution in [-0.2, 0) is 112 Å². The Morgan fingerprint density at radius 3 is 1.42 bits per heavy atom. The number of benzene rings is 3. The summed E-state index contributed by atoms with van der Waals surface area (Å²) in [5, 5.41) is 111. The summed E-state index contributed by atoms with van der Waals surface area (Å²) in [6, 6.07) is 15.1. The van der Waals surface area contributed by atoms with Crippen LogP contribution in [0.15, 0.2) is 108 Å². The Balaban J connectivity index is 1.53. The first kappa shape index (κ1) is 112. The summed E-state index contributed by atoms with van der Waals surface area (Å²) < 4.78 is 1.45. The molecule has 4 aromatic rings. The first-order chi connectivity index (χ1) is 61.9. The van der Waals surface area contributed by atoms with Gasteiger partial charge in [-0.2, -0.15) is 0 Å². The number of carbonyl (C=O) groups is 18. The number of nitrogens with one attached hydrogen (secondary N) is 7. The number of nitrogens with zero attached hydrogens (tertiary/aromatic N) is 1. The first-order valence-corrected chi connectivity index (χ1v) is 45.2. The van der Waals surface area contributed by atoms with E-state index in [-0.39, 0.29) is 90.4 Å². The molecule has 0 spiro atoms. The molecule has 4 rings (SSSR count). The Kier molecular flexibility index (Phi) is 49.7. The standard InChI is InChI=1S/C93H129N9O28S/c1-8-54(4)86(81(116)42-62(36-59-22-27-66(107)28-23-59)89(126)97-73(35-53(2)3)77(112)40-63(44-84(120)121)88(125)96-55(5)17-12-14-32-94)101-91(128)65(49-103)43-78(113)74(38-60-24-29-67(108)30-25-60)98-90(127)64(45-85(122)123)41-79(114)76(50-104)100-93(130)72(57(7)106)47-80(115)75(37-58-18-10-9-11-19-58)99-92(129)71(56(6)105)46-69(110)48-95-87(124)61(26-31-83(118)119)39-70(111)52-131-51-68(109)20-16-34-102-33-15-13-21-82(102)117/h9-11,13,15,18-19,21-25,27-30,33,53-57,61-65,71-76,86,103-108H,8,12,14,16-17,20,26,31-32,34-52,94H2,1-7H3,(H,95,124)(H,96,125)(H,97,126)(H,98,127)(H,99,129)(H,100,130)(H,101,128)(H,118,119)(H,120,121)(H,122,123)/t54-,55+,56+,57+,61+,62+,63-,64-,65-,71-,72-,73-,74-,75-,76-,86-/m0/s1. The van der Waals surface area contributed by atoms with E-state index in [1.807, 2.05) is 0 Å². The van der Waals surface area contributed by atoms with Crippen LogP contribution in [-0.4, -0.2) is 242 Å². The number of carboxylic acids is 3. The van der Waals surface area contributed by atoms with Crippen molar-refractivity contribution >= 4 is 117 Å². The third kappa shape index (κ3) is 41.6. The maximum Gasteiger partial charge on any atom is 0.304 e. The number of aromatic hydroxyl groups is 2. The number of aliphatic hydroxyl groups excluding tert-OH is 4. The van der Waals surface area contributed by atoms with Gasteiger partial charge in [-0.25, -0.2) is 0 Å². The van der Waals surface area contributed by atoms with Gasteiger partial charge in [-0.15, -0.1) is 11.8 Å². The summed E-state index contributed by atoms with van der Waals surface area (Å²) in [4.78, 5) is 259. The van der Waals surface area contributed by atoms with Crippen molar-refractivity contribution < 1.29 is 132 Å². The number of pyridine rings is 1. The summed E-state index contributed by atoms with van der Waals surface area (Å²) in [6.07, 6.45) is -8.04. The first-order valence-electron chi connectivity index (χ1n) is 44.0. The molecule has 720 valence electrons. The molecule has 0 bridgehead atoms. The lowest BCUT2D eigenvalue weighted by Gasteiger charge is -2.28. The lowest BCUT2D eigenvalue weighted by Crippen LogP contribution is -2.52. The van der Waals surface area contributed by atoms with Crippen molar-refractivity contribution in [3.63, 3.8) is 0 Å². The Morgan fingerprint density at radius 1 is 0.420 bits per heavy atom. The molecule has 7 amide bonds. The molecule has 0 aliphatic heterocycles. The molecular formula is C93H129N9O28S. The minimum Gasteiger partial charge on any atom is -0.508 e. The molecule has 37 nitrogen and oxygen atoms in total. The zero-order valence-electron chi connectivity index (χ0n) is 75.1. The normalized spacial score (nSPS) is 15.0. The van der Waals surface area contributed by atoms with Crippen LogP contribution in [0.2, 0.25) is 0 Å². The number of ketones is 8. The van der Waals surface area contributed by atoms with Crippen molar-refractivity contribution in [2.45, 2.75) is 238 Å². The summed E-state index contributed by atoms with van der Waals surface area (Å²) >= 11 is 0.984. The van der Waals surface area contributed by atoms with E-state index in [4.69, 9.17) is 5.73 Å². The number of amides is 7. The Labute approximate surface area is 764 Å². The number of nitrogens with two attached hydrogens (primary N) is 1. The summed E-state index contributed by atoms with van der Waals surface area (Å²) in [6.45, 7) is 8.46. The maximum atomic E-state index is 14.8. The number of aromatic nitrogens is 1. The third-order valence-corrected chi connectivity index (χ3v) is 23.5. The van der Waals surface area contributed by atoms with Gasteiger partial charge in [-0.3, -0.25) is 91.1 Å². The van der Waals surface area contributed by atoms with Gasteiger partial charge in [-0.05, 0) is 138 Å². The number of hydrogen-bond acceptors (Lipinski definition) is 27. The number of rotatable bonds is 67. The van der Waals surface area contributed by atoms with Crippen molar-refractivity contribution in [3.8, 4) is 11.5 Å². The second kappa shape index (κ2) is 58.2. The molecular weight excluding hydrogens is 1720 g/mol. The minimum absolute atomic E-state index is 0.0252. The Morgan fingerprint density at radius 2 is 0.893 bits per heavy atom. The molecule has 1 aromatic heterocycles. The van der Waals surface area contributed by atoms with Crippen LogP contribution in [0.25, 0.3) is 0 Å². The molecule has 0 unspecified atom stereocenters. The smallest absolute Gasteiger partial charge is 0.304 e. The van der Waals surface area contributed by atoms with Crippen molar-refractivity contribution in [3.05, 3.63) is 130 Å². The number of thioether (sulfide) groups is 1. The Hall–Kier alpha value is -11.6. The zero-order chi connectivity index (χ0) is 97.7. The highest BCUT2D eigenvalue weighted by atomic mass is 32.2. The van der Waals surface area contributed by atoms with Crippen LogP contribution in [0.4, 0.5) is 0 Å². The van der Waals surface area contributed by atoms with E-state index in [0.29, 0.717) is 49.9 Å². The van der Waals surface area contributed by atoms with Gasteiger partial charge in [0.2, 0.25) is 46.9 Å². The van der Waals surface area contributed by atoms with Crippen LogP contribution < -0.4 is 48.5 Å². The van der Waals surface area contributed by atoms with Gasteiger partial charge >= 0.3 is 17.9 Å². The second-order valence-electron chi connectivity index (χ2n) is 34.0. The fraction of sp³-hybridized carbons (Fsp3) is 0.559. The monoisotopic (exact) mass is 1850 g/mol. The summed E-state index contributed by atoms with van der Waals surface area (Å²) in [5.74, 6) is -29.8. The van der Waals surface area contributed by atoms with Crippen molar-refractivity contribution in [1.29, 1.82) is 0 Å². The molecule has 0 aliphatic rings. The molecule has 16 atom stereocenters. The number of phenols is 2. The van der Waals surface area contributed by atoms with E-state index in [1.54, 1.807) is 83.3 Å². The van der Waals surface area contributed by atoms with Gasteiger partial charge in [0, 0.05) is 94.5 Å².